The molecule has 110 valence electrons. The largest absolute Gasteiger partial charge is 0.457 e. The zero-order valence-corrected chi connectivity index (χ0v) is 12.3. The first-order chi connectivity index (χ1) is 10.2. The van der Waals surface area contributed by atoms with E-state index < -0.39 is 0 Å². The number of hydrogen-bond donors (Lipinski definition) is 2. The van der Waals surface area contributed by atoms with Gasteiger partial charge in [-0.3, -0.25) is 0 Å². The zero-order valence-electron chi connectivity index (χ0n) is 12.3. The number of rotatable bonds is 6. The van der Waals surface area contributed by atoms with Crippen LogP contribution in [0.2, 0.25) is 0 Å². The molecule has 0 unspecified atom stereocenters. The summed E-state index contributed by atoms with van der Waals surface area (Å²) in [7, 11) is 0. The van der Waals surface area contributed by atoms with Gasteiger partial charge in [-0.1, -0.05) is 12.1 Å². The fraction of sp³-hybridized carbons (Fsp3) is 0.235. The maximum atomic E-state index is 8.63. The van der Waals surface area contributed by atoms with E-state index in [0.717, 1.165) is 22.6 Å². The molecule has 0 aliphatic heterocycles. The molecule has 2 rings (SSSR count). The van der Waals surface area contributed by atoms with E-state index >= 15 is 0 Å². The predicted molar refractivity (Wildman–Crippen MR) is 85.1 cm³/mol. The summed E-state index contributed by atoms with van der Waals surface area (Å²) in [5, 5.41) is 12.6. The van der Waals surface area contributed by atoms with Crippen LogP contribution in [0.5, 0.6) is 11.5 Å². The van der Waals surface area contributed by atoms with Gasteiger partial charge in [0, 0.05) is 0 Å². The molecule has 2 aromatic carbocycles. The normalized spacial score (nSPS) is 10.8. The lowest BCUT2D eigenvalue weighted by atomic mass is 10.1. The average Bonchev–Trinajstić information content (AvgIpc) is 2.50. The van der Waals surface area contributed by atoms with E-state index in [0.29, 0.717) is 6.54 Å². The van der Waals surface area contributed by atoms with Crippen molar-refractivity contribution in [3.63, 3.8) is 0 Å². The van der Waals surface area contributed by atoms with Crippen LogP contribution in [0, 0.1) is 13.8 Å². The Kier molecular flexibility index (Phi) is 5.35. The van der Waals surface area contributed by atoms with Crippen molar-refractivity contribution < 1.29 is 9.84 Å². The third-order valence-electron chi connectivity index (χ3n) is 3.19. The number of aryl methyl sites for hydroxylation is 1. The van der Waals surface area contributed by atoms with E-state index in [1.54, 1.807) is 6.21 Å². The minimum absolute atomic E-state index is 0.0694. The minimum atomic E-state index is 0.0694. The van der Waals surface area contributed by atoms with Gasteiger partial charge in [-0.25, -0.2) is 0 Å². The molecule has 0 aliphatic carbocycles. The highest BCUT2D eigenvalue weighted by molar-refractivity contribution is 5.79. The van der Waals surface area contributed by atoms with Gasteiger partial charge in [-0.15, -0.1) is 0 Å². The monoisotopic (exact) mass is 284 g/mol. The standard InChI is InChI=1S/C17H20N2O2/c1-13-4-3-5-17(14(13)2)21-16-8-6-15(7-9-16)12-19-18-10-11-20/h3-9,12,18,20H,10-11H2,1-2H3. The van der Waals surface area contributed by atoms with Crippen LogP contribution in [0.25, 0.3) is 0 Å². The molecule has 0 heterocycles. The van der Waals surface area contributed by atoms with Crippen LogP contribution in [-0.2, 0) is 0 Å². The number of nitrogens with zero attached hydrogens (tertiary/aromatic N) is 1. The average molecular weight is 284 g/mol. The summed E-state index contributed by atoms with van der Waals surface area (Å²) in [5.41, 5.74) is 6.07. The lowest BCUT2D eigenvalue weighted by Crippen LogP contribution is -2.11. The molecule has 4 nitrogen and oxygen atoms in total. The van der Waals surface area contributed by atoms with Crippen molar-refractivity contribution in [2.45, 2.75) is 13.8 Å². The summed E-state index contributed by atoms with van der Waals surface area (Å²) >= 11 is 0. The number of ether oxygens (including phenoxy) is 1. The Hall–Kier alpha value is -2.33. The fourth-order valence-corrected chi connectivity index (χ4v) is 1.82. The molecule has 0 saturated heterocycles. The molecular formula is C17H20N2O2. The molecule has 0 aromatic heterocycles. The molecule has 21 heavy (non-hydrogen) atoms. The van der Waals surface area contributed by atoms with Gasteiger partial charge in [0.2, 0.25) is 0 Å². The van der Waals surface area contributed by atoms with Crippen LogP contribution in [0.4, 0.5) is 0 Å². The zero-order chi connectivity index (χ0) is 15.1. The summed E-state index contributed by atoms with van der Waals surface area (Å²) in [5.74, 6) is 1.67. The molecule has 0 radical (unpaired) electrons. The van der Waals surface area contributed by atoms with Crippen LogP contribution in [0.15, 0.2) is 47.6 Å². The Labute approximate surface area is 125 Å². The van der Waals surface area contributed by atoms with Gasteiger partial charge >= 0.3 is 0 Å². The van der Waals surface area contributed by atoms with Crippen LogP contribution >= 0.6 is 0 Å². The van der Waals surface area contributed by atoms with Crippen molar-refractivity contribution in [2.24, 2.45) is 5.10 Å². The van der Waals surface area contributed by atoms with Gasteiger partial charge in [0.05, 0.1) is 19.4 Å². The van der Waals surface area contributed by atoms with Gasteiger partial charge < -0.3 is 15.3 Å². The van der Waals surface area contributed by atoms with Crippen molar-refractivity contribution in [3.8, 4) is 11.5 Å². The fourth-order valence-electron chi connectivity index (χ4n) is 1.82. The first-order valence-electron chi connectivity index (χ1n) is 6.91. The molecule has 0 bridgehead atoms. The van der Waals surface area contributed by atoms with Crippen molar-refractivity contribution in [1.29, 1.82) is 0 Å². The van der Waals surface area contributed by atoms with E-state index in [9.17, 15) is 0 Å². The van der Waals surface area contributed by atoms with Gasteiger partial charge in [0.15, 0.2) is 0 Å². The quantitative estimate of drug-likeness (QED) is 0.487. The Morgan fingerprint density at radius 1 is 1.14 bits per heavy atom. The third-order valence-corrected chi connectivity index (χ3v) is 3.19. The highest BCUT2D eigenvalue weighted by Gasteiger charge is 2.03. The van der Waals surface area contributed by atoms with Gasteiger partial charge in [0.25, 0.3) is 0 Å². The molecule has 2 N–H and O–H groups in total. The number of hydrazone groups is 1. The maximum absolute atomic E-state index is 8.63. The van der Waals surface area contributed by atoms with E-state index in [4.69, 9.17) is 9.84 Å². The maximum Gasteiger partial charge on any atom is 0.130 e. The summed E-state index contributed by atoms with van der Waals surface area (Å²) in [6.07, 6.45) is 1.71. The molecule has 0 amide bonds. The SMILES string of the molecule is Cc1cccc(Oc2ccc(C=NNCCO)cc2)c1C. The van der Waals surface area contributed by atoms with E-state index in [1.165, 1.54) is 5.56 Å². The van der Waals surface area contributed by atoms with Crippen LogP contribution < -0.4 is 10.2 Å². The van der Waals surface area contributed by atoms with Crippen molar-refractivity contribution in [2.75, 3.05) is 13.2 Å². The van der Waals surface area contributed by atoms with Crippen LogP contribution in [-0.4, -0.2) is 24.5 Å². The number of nitrogens with one attached hydrogen (secondary N) is 1. The highest BCUT2D eigenvalue weighted by atomic mass is 16.5. The Morgan fingerprint density at radius 2 is 1.90 bits per heavy atom. The Morgan fingerprint density at radius 3 is 2.62 bits per heavy atom. The number of hydrogen-bond acceptors (Lipinski definition) is 4. The molecule has 0 spiro atoms. The lowest BCUT2D eigenvalue weighted by Gasteiger charge is -2.10. The second kappa shape index (κ2) is 7.45. The summed E-state index contributed by atoms with van der Waals surface area (Å²) in [4.78, 5) is 0. The smallest absolute Gasteiger partial charge is 0.130 e. The minimum Gasteiger partial charge on any atom is -0.457 e. The Balaban J connectivity index is 2.02. The van der Waals surface area contributed by atoms with Gasteiger partial charge in [0.1, 0.15) is 11.5 Å². The number of aliphatic hydroxyl groups is 1. The second-order valence-electron chi connectivity index (χ2n) is 4.76. The summed E-state index contributed by atoms with van der Waals surface area (Å²) in [6.45, 7) is 4.64. The molecule has 2 aromatic rings. The number of aliphatic hydroxyl groups excluding tert-OH is 1. The van der Waals surface area contributed by atoms with Crippen molar-refractivity contribution in [1.82, 2.24) is 5.43 Å². The van der Waals surface area contributed by atoms with Gasteiger partial charge in [-0.05, 0) is 60.9 Å². The third kappa shape index (κ3) is 4.33. The number of benzene rings is 2. The van der Waals surface area contributed by atoms with Gasteiger partial charge in [-0.2, -0.15) is 5.10 Å². The van der Waals surface area contributed by atoms with E-state index in [1.807, 2.05) is 36.4 Å². The molecule has 0 atom stereocenters. The summed E-state index contributed by atoms with van der Waals surface area (Å²) in [6, 6.07) is 13.7. The topological polar surface area (TPSA) is 53.8 Å². The van der Waals surface area contributed by atoms with E-state index in [-0.39, 0.29) is 6.61 Å². The van der Waals surface area contributed by atoms with Crippen molar-refractivity contribution >= 4 is 6.21 Å². The second-order valence-corrected chi connectivity index (χ2v) is 4.76. The van der Waals surface area contributed by atoms with Crippen LogP contribution in [0.1, 0.15) is 16.7 Å². The molecule has 0 saturated carbocycles. The highest BCUT2D eigenvalue weighted by Crippen LogP contribution is 2.26. The molecule has 0 aliphatic rings. The molecular weight excluding hydrogens is 264 g/mol. The first kappa shape index (κ1) is 15.1. The molecule has 0 fully saturated rings. The van der Waals surface area contributed by atoms with Crippen molar-refractivity contribution in [3.05, 3.63) is 59.2 Å². The van der Waals surface area contributed by atoms with Crippen LogP contribution in [0.3, 0.4) is 0 Å². The molecule has 4 heteroatoms. The predicted octanol–water partition coefficient (Wildman–Crippen LogP) is 3.01. The van der Waals surface area contributed by atoms with E-state index in [2.05, 4.69) is 30.4 Å². The lowest BCUT2D eigenvalue weighted by molar-refractivity contribution is 0.294. The first-order valence-corrected chi connectivity index (χ1v) is 6.91. The Bertz CT molecular complexity index is 607. The summed E-state index contributed by atoms with van der Waals surface area (Å²) < 4.78 is 5.89.